The zero-order valence-corrected chi connectivity index (χ0v) is 14.7. The lowest BCUT2D eigenvalue weighted by Crippen LogP contribution is -2.43. The van der Waals surface area contributed by atoms with Gasteiger partial charge in [-0.25, -0.2) is 13.8 Å². The van der Waals surface area contributed by atoms with Crippen molar-refractivity contribution in [3.63, 3.8) is 0 Å². The first-order valence-electron chi connectivity index (χ1n) is 8.42. The Morgan fingerprint density at radius 1 is 1.28 bits per heavy atom. The van der Waals surface area contributed by atoms with E-state index in [1.165, 1.54) is 11.8 Å². The number of benzene rings is 1. The summed E-state index contributed by atoms with van der Waals surface area (Å²) in [7, 11) is 4.11. The zero-order valence-electron chi connectivity index (χ0n) is 14.7. The molecule has 3 rings (SSSR count). The van der Waals surface area contributed by atoms with Gasteiger partial charge in [0.25, 0.3) is 0 Å². The van der Waals surface area contributed by atoms with Gasteiger partial charge in [0, 0.05) is 56.1 Å². The average molecular weight is 350 g/mol. The van der Waals surface area contributed by atoms with E-state index in [2.05, 4.69) is 26.8 Å². The topological polar surface area (TPSA) is 42.3 Å². The predicted octanol–water partition coefficient (Wildman–Crippen LogP) is 2.15. The molecule has 1 N–H and O–H groups in total. The molecule has 0 aliphatic carbocycles. The Hall–Kier alpha value is -1.99. The van der Waals surface area contributed by atoms with E-state index in [-0.39, 0.29) is 12.1 Å². The molecule has 1 aromatic heterocycles. The molecule has 0 radical (unpaired) electrons. The van der Waals surface area contributed by atoms with Gasteiger partial charge >= 0.3 is 0 Å². The van der Waals surface area contributed by atoms with Gasteiger partial charge < -0.3 is 19.5 Å². The first kappa shape index (κ1) is 17.8. The highest BCUT2D eigenvalue weighted by atomic mass is 19.2. The average Bonchev–Trinajstić information content (AvgIpc) is 3.14. The Balaban J connectivity index is 1.58. The number of likely N-dealkylation sites (tertiary alicyclic amines) is 1. The van der Waals surface area contributed by atoms with Crippen LogP contribution in [0.25, 0.3) is 0 Å². The van der Waals surface area contributed by atoms with Gasteiger partial charge in [0.1, 0.15) is 12.4 Å². The summed E-state index contributed by atoms with van der Waals surface area (Å²) in [5.41, 5.74) is 1.20. The SMILES string of the molecule is CC(COc1ccc(F)c(F)c1)N[C@@H]1CN(C)C[C@H]1c1cncn1C. The second-order valence-corrected chi connectivity index (χ2v) is 6.82. The summed E-state index contributed by atoms with van der Waals surface area (Å²) in [6, 6.07) is 3.94. The number of nitrogens with one attached hydrogen (secondary N) is 1. The lowest BCUT2D eigenvalue weighted by atomic mass is 9.99. The van der Waals surface area contributed by atoms with Crippen molar-refractivity contribution in [1.82, 2.24) is 19.8 Å². The van der Waals surface area contributed by atoms with Crippen LogP contribution in [0.1, 0.15) is 18.5 Å². The molecule has 25 heavy (non-hydrogen) atoms. The first-order chi connectivity index (χ1) is 11.9. The maximum absolute atomic E-state index is 13.2. The van der Waals surface area contributed by atoms with E-state index in [1.807, 2.05) is 26.5 Å². The molecule has 7 heteroatoms. The normalized spacial score (nSPS) is 22.3. The molecule has 0 spiro atoms. The van der Waals surface area contributed by atoms with Gasteiger partial charge in [0.15, 0.2) is 11.6 Å². The summed E-state index contributed by atoms with van der Waals surface area (Å²) in [4.78, 5) is 6.51. The number of rotatable bonds is 6. The van der Waals surface area contributed by atoms with Crippen molar-refractivity contribution in [3.8, 4) is 5.75 Å². The molecule has 2 heterocycles. The van der Waals surface area contributed by atoms with Crippen LogP contribution in [0.5, 0.6) is 5.75 Å². The fourth-order valence-electron chi connectivity index (χ4n) is 3.40. The maximum atomic E-state index is 13.2. The molecule has 1 fully saturated rings. The molecule has 3 atom stereocenters. The minimum atomic E-state index is -0.896. The number of imidazole rings is 1. The molecule has 0 bridgehead atoms. The van der Waals surface area contributed by atoms with Crippen molar-refractivity contribution >= 4 is 0 Å². The number of hydrogen-bond acceptors (Lipinski definition) is 4. The van der Waals surface area contributed by atoms with E-state index in [1.54, 1.807) is 0 Å². The van der Waals surface area contributed by atoms with Crippen molar-refractivity contribution in [1.29, 1.82) is 0 Å². The van der Waals surface area contributed by atoms with Crippen molar-refractivity contribution < 1.29 is 13.5 Å². The monoisotopic (exact) mass is 350 g/mol. The van der Waals surface area contributed by atoms with Crippen LogP contribution in [0.3, 0.4) is 0 Å². The van der Waals surface area contributed by atoms with Crippen molar-refractivity contribution in [2.24, 2.45) is 7.05 Å². The molecule has 2 aromatic rings. The van der Waals surface area contributed by atoms with Gasteiger partial charge in [-0.2, -0.15) is 0 Å². The third kappa shape index (κ3) is 4.16. The first-order valence-corrected chi connectivity index (χ1v) is 8.42. The molecule has 5 nitrogen and oxygen atoms in total. The van der Waals surface area contributed by atoms with Gasteiger partial charge in [-0.3, -0.25) is 0 Å². The largest absolute Gasteiger partial charge is 0.492 e. The van der Waals surface area contributed by atoms with Crippen LogP contribution in [0, 0.1) is 11.6 Å². The summed E-state index contributed by atoms with van der Waals surface area (Å²) in [5, 5.41) is 3.60. The van der Waals surface area contributed by atoms with Crippen molar-refractivity contribution in [3.05, 3.63) is 48.1 Å². The van der Waals surface area contributed by atoms with Gasteiger partial charge in [0.05, 0.1) is 6.33 Å². The molecule has 0 saturated carbocycles. The fraction of sp³-hybridized carbons (Fsp3) is 0.500. The zero-order chi connectivity index (χ0) is 18.0. The molecule has 1 aliphatic heterocycles. The van der Waals surface area contributed by atoms with E-state index >= 15 is 0 Å². The van der Waals surface area contributed by atoms with Crippen LogP contribution in [0.15, 0.2) is 30.7 Å². The van der Waals surface area contributed by atoms with Gasteiger partial charge in [-0.15, -0.1) is 0 Å². The summed E-state index contributed by atoms with van der Waals surface area (Å²) in [5.74, 6) is -1.08. The van der Waals surface area contributed by atoms with E-state index in [0.717, 1.165) is 25.2 Å². The highest BCUT2D eigenvalue weighted by Crippen LogP contribution is 2.26. The molecule has 1 aromatic carbocycles. The minimum absolute atomic E-state index is 0.0698. The number of nitrogens with zero attached hydrogens (tertiary/aromatic N) is 3. The summed E-state index contributed by atoms with van der Waals surface area (Å²) >= 11 is 0. The van der Waals surface area contributed by atoms with Crippen LogP contribution >= 0.6 is 0 Å². The number of hydrogen-bond donors (Lipinski definition) is 1. The number of likely N-dealkylation sites (N-methyl/N-ethyl adjacent to an activating group) is 1. The molecule has 1 unspecified atom stereocenters. The van der Waals surface area contributed by atoms with Crippen LogP contribution in [-0.4, -0.2) is 53.3 Å². The number of aromatic nitrogens is 2. The van der Waals surface area contributed by atoms with Crippen LogP contribution in [0.2, 0.25) is 0 Å². The molecule has 1 saturated heterocycles. The third-order valence-electron chi connectivity index (χ3n) is 4.63. The van der Waals surface area contributed by atoms with E-state index in [0.29, 0.717) is 18.3 Å². The Labute approximate surface area is 146 Å². The molecular formula is C18H24F2N4O. The Bertz CT molecular complexity index is 721. The highest BCUT2D eigenvalue weighted by Gasteiger charge is 2.34. The summed E-state index contributed by atoms with van der Waals surface area (Å²) in [6.07, 6.45) is 3.74. The minimum Gasteiger partial charge on any atom is -0.492 e. The van der Waals surface area contributed by atoms with E-state index < -0.39 is 11.6 Å². The predicted molar refractivity (Wildman–Crippen MR) is 91.7 cm³/mol. The van der Waals surface area contributed by atoms with Crippen LogP contribution in [-0.2, 0) is 7.05 Å². The lowest BCUT2D eigenvalue weighted by molar-refractivity contribution is 0.255. The second kappa shape index (κ2) is 7.49. The lowest BCUT2D eigenvalue weighted by Gasteiger charge is -2.24. The number of aryl methyl sites for hydroxylation is 1. The highest BCUT2D eigenvalue weighted by molar-refractivity contribution is 5.23. The summed E-state index contributed by atoms with van der Waals surface area (Å²) < 4.78 is 33.8. The smallest absolute Gasteiger partial charge is 0.162 e. The van der Waals surface area contributed by atoms with Crippen molar-refractivity contribution in [2.45, 2.75) is 24.9 Å². The van der Waals surface area contributed by atoms with Gasteiger partial charge in [-0.1, -0.05) is 0 Å². The molecule has 0 amide bonds. The maximum Gasteiger partial charge on any atom is 0.162 e. The van der Waals surface area contributed by atoms with E-state index in [4.69, 9.17) is 4.74 Å². The third-order valence-corrected chi connectivity index (χ3v) is 4.63. The van der Waals surface area contributed by atoms with Gasteiger partial charge in [0.2, 0.25) is 0 Å². The number of ether oxygens (including phenoxy) is 1. The summed E-state index contributed by atoms with van der Waals surface area (Å²) in [6.45, 7) is 4.31. The van der Waals surface area contributed by atoms with Crippen LogP contribution < -0.4 is 10.1 Å². The van der Waals surface area contributed by atoms with E-state index in [9.17, 15) is 8.78 Å². The van der Waals surface area contributed by atoms with Crippen molar-refractivity contribution in [2.75, 3.05) is 26.7 Å². The number of halogens is 2. The Morgan fingerprint density at radius 3 is 2.76 bits per heavy atom. The standard InChI is InChI=1S/C18H24F2N4O/c1-12(10-25-13-4-5-15(19)16(20)6-13)22-17-9-23(2)8-14(17)18-7-21-11-24(18)3/h4-7,11-12,14,17,22H,8-10H2,1-3H3/t12?,14-,17-/m1/s1. The van der Waals surface area contributed by atoms with Gasteiger partial charge in [-0.05, 0) is 26.1 Å². The molecule has 136 valence electrons. The Morgan fingerprint density at radius 2 is 2.08 bits per heavy atom. The fourth-order valence-corrected chi connectivity index (χ4v) is 3.40. The second-order valence-electron chi connectivity index (χ2n) is 6.82. The van der Waals surface area contributed by atoms with Crippen LogP contribution in [0.4, 0.5) is 8.78 Å². The molecular weight excluding hydrogens is 326 g/mol. The Kier molecular flexibility index (Phi) is 5.34. The molecule has 1 aliphatic rings. The quantitative estimate of drug-likeness (QED) is 0.867.